The second-order valence-electron chi connectivity index (χ2n) is 8.75. The van der Waals surface area contributed by atoms with Crippen LogP contribution < -0.4 is 5.32 Å². The number of aryl methyl sites for hydroxylation is 1. The average molecular weight is 426 g/mol. The Morgan fingerprint density at radius 1 is 1.13 bits per heavy atom. The molecule has 1 aliphatic carbocycles. The summed E-state index contributed by atoms with van der Waals surface area (Å²) >= 11 is 1.51. The number of hydrogen-bond acceptors (Lipinski definition) is 4. The molecule has 1 aromatic heterocycles. The van der Waals surface area contributed by atoms with Gasteiger partial charge in [0.1, 0.15) is 5.00 Å². The van der Waals surface area contributed by atoms with Crippen molar-refractivity contribution < 1.29 is 14.3 Å². The fourth-order valence-electron chi connectivity index (χ4n) is 3.56. The summed E-state index contributed by atoms with van der Waals surface area (Å²) in [5, 5.41) is 3.53. The van der Waals surface area contributed by atoms with Crippen molar-refractivity contribution >= 4 is 34.3 Å². The molecule has 0 radical (unpaired) electrons. The molecular formula is C25H31NO3S. The van der Waals surface area contributed by atoms with Crippen LogP contribution in [0.15, 0.2) is 30.3 Å². The van der Waals surface area contributed by atoms with E-state index in [0.29, 0.717) is 17.2 Å². The van der Waals surface area contributed by atoms with Crippen molar-refractivity contribution in [3.05, 3.63) is 57.5 Å². The molecular weight excluding hydrogens is 394 g/mol. The third-order valence-electron chi connectivity index (χ3n) is 5.25. The first-order valence-electron chi connectivity index (χ1n) is 10.7. The Morgan fingerprint density at radius 2 is 1.83 bits per heavy atom. The van der Waals surface area contributed by atoms with E-state index >= 15 is 0 Å². The van der Waals surface area contributed by atoms with Gasteiger partial charge in [-0.15, -0.1) is 11.3 Å². The van der Waals surface area contributed by atoms with Gasteiger partial charge < -0.3 is 10.1 Å². The van der Waals surface area contributed by atoms with Crippen molar-refractivity contribution in [1.82, 2.24) is 0 Å². The summed E-state index contributed by atoms with van der Waals surface area (Å²) in [4.78, 5) is 26.4. The lowest BCUT2D eigenvalue weighted by Gasteiger charge is -2.18. The van der Waals surface area contributed by atoms with E-state index in [9.17, 15) is 9.59 Å². The summed E-state index contributed by atoms with van der Waals surface area (Å²) in [7, 11) is 0. The third-order valence-corrected chi connectivity index (χ3v) is 6.46. The van der Waals surface area contributed by atoms with E-state index in [1.54, 1.807) is 6.08 Å². The molecule has 3 rings (SSSR count). The Hall–Kier alpha value is -2.40. The van der Waals surface area contributed by atoms with E-state index < -0.39 is 0 Å². The summed E-state index contributed by atoms with van der Waals surface area (Å²) in [5.41, 5.74) is 3.93. The fraction of sp³-hybridized carbons (Fsp3) is 0.440. The highest BCUT2D eigenvalue weighted by Crippen LogP contribution is 2.38. The molecule has 2 aromatic rings. The molecule has 1 aliphatic rings. The zero-order valence-electron chi connectivity index (χ0n) is 18.3. The summed E-state index contributed by atoms with van der Waals surface area (Å²) in [6.45, 7) is 8.89. The lowest BCUT2D eigenvalue weighted by atomic mass is 9.87. The number of carbonyl (C=O) groups is 2. The molecule has 160 valence electrons. The van der Waals surface area contributed by atoms with Gasteiger partial charge in [0.2, 0.25) is 5.91 Å². The summed E-state index contributed by atoms with van der Waals surface area (Å²) in [6.07, 6.45) is 8.10. The van der Waals surface area contributed by atoms with E-state index in [-0.39, 0.29) is 17.3 Å². The Morgan fingerprint density at radius 3 is 2.50 bits per heavy atom. The van der Waals surface area contributed by atoms with Crippen molar-refractivity contribution in [3.8, 4) is 0 Å². The van der Waals surface area contributed by atoms with E-state index in [1.807, 2.05) is 19.1 Å². The Bertz CT molecular complexity index is 933. The number of hydrogen-bond donors (Lipinski definition) is 1. The number of fused-ring (bicyclic) bond motifs is 1. The van der Waals surface area contributed by atoms with Crippen LogP contribution in [0.1, 0.15) is 78.9 Å². The quantitative estimate of drug-likeness (QED) is 0.446. The molecule has 1 heterocycles. The van der Waals surface area contributed by atoms with Crippen LogP contribution in [0.4, 0.5) is 5.00 Å². The fourth-order valence-corrected chi connectivity index (χ4v) is 4.84. The van der Waals surface area contributed by atoms with Crippen LogP contribution in [0, 0.1) is 0 Å². The first kappa shape index (κ1) is 22.3. The maximum absolute atomic E-state index is 12.6. The van der Waals surface area contributed by atoms with Gasteiger partial charge in [-0.3, -0.25) is 4.79 Å². The van der Waals surface area contributed by atoms with E-state index in [0.717, 1.165) is 43.2 Å². The van der Waals surface area contributed by atoms with Crippen molar-refractivity contribution in [2.24, 2.45) is 0 Å². The number of thiophene rings is 1. The lowest BCUT2D eigenvalue weighted by Crippen LogP contribution is -2.14. The SMILES string of the molecule is CCCOC(=O)c1c(NC(=O)C=Cc2ccc(C(C)(C)C)cc2)sc2c1CCCC2. The van der Waals surface area contributed by atoms with Crippen LogP contribution in [0.2, 0.25) is 0 Å². The van der Waals surface area contributed by atoms with E-state index in [4.69, 9.17) is 4.74 Å². The minimum Gasteiger partial charge on any atom is -0.462 e. The molecule has 0 aliphatic heterocycles. The van der Waals surface area contributed by atoms with Gasteiger partial charge in [-0.2, -0.15) is 0 Å². The van der Waals surface area contributed by atoms with Gasteiger partial charge in [-0.25, -0.2) is 4.79 Å². The van der Waals surface area contributed by atoms with Gasteiger partial charge in [0.25, 0.3) is 0 Å². The third kappa shape index (κ3) is 5.39. The van der Waals surface area contributed by atoms with Gasteiger partial charge in [0.05, 0.1) is 12.2 Å². The number of anilines is 1. The molecule has 0 bridgehead atoms. The summed E-state index contributed by atoms with van der Waals surface area (Å²) < 4.78 is 5.39. The summed E-state index contributed by atoms with van der Waals surface area (Å²) in [5.74, 6) is -0.564. The van der Waals surface area contributed by atoms with Gasteiger partial charge in [-0.1, -0.05) is 52.0 Å². The molecule has 30 heavy (non-hydrogen) atoms. The smallest absolute Gasteiger partial charge is 0.341 e. The highest BCUT2D eigenvalue weighted by Gasteiger charge is 2.27. The number of carbonyl (C=O) groups excluding carboxylic acids is 2. The molecule has 1 aromatic carbocycles. The first-order chi connectivity index (χ1) is 14.3. The van der Waals surface area contributed by atoms with Gasteiger partial charge in [0, 0.05) is 11.0 Å². The number of ether oxygens (including phenoxy) is 1. The number of benzene rings is 1. The Balaban J connectivity index is 1.75. The van der Waals surface area contributed by atoms with Crippen molar-refractivity contribution in [2.45, 2.75) is 65.2 Å². The first-order valence-corrected chi connectivity index (χ1v) is 11.5. The molecule has 0 saturated heterocycles. The molecule has 4 nitrogen and oxygen atoms in total. The molecule has 5 heteroatoms. The highest BCUT2D eigenvalue weighted by atomic mass is 32.1. The highest BCUT2D eigenvalue weighted by molar-refractivity contribution is 7.17. The Labute approximate surface area is 183 Å². The molecule has 0 fully saturated rings. The van der Waals surface area contributed by atoms with Crippen LogP contribution in [0.25, 0.3) is 6.08 Å². The number of esters is 1. The Kier molecular flexibility index (Phi) is 7.14. The summed E-state index contributed by atoms with van der Waals surface area (Å²) in [6, 6.07) is 8.21. The zero-order chi connectivity index (χ0) is 21.7. The standard InChI is InChI=1S/C25H31NO3S/c1-5-16-29-24(28)22-19-8-6-7-9-20(19)30-23(22)26-21(27)15-12-17-10-13-18(14-11-17)25(2,3)4/h10-15H,5-9,16H2,1-4H3,(H,26,27). The molecule has 1 N–H and O–H groups in total. The second-order valence-corrected chi connectivity index (χ2v) is 9.85. The molecule has 0 saturated carbocycles. The predicted octanol–water partition coefficient (Wildman–Crippen LogP) is 6.14. The monoisotopic (exact) mass is 425 g/mol. The minimum atomic E-state index is -0.326. The van der Waals surface area contributed by atoms with Gasteiger partial charge >= 0.3 is 5.97 Å². The molecule has 0 atom stereocenters. The molecule has 0 spiro atoms. The van der Waals surface area contributed by atoms with E-state index in [1.165, 1.54) is 27.9 Å². The van der Waals surface area contributed by atoms with Crippen molar-refractivity contribution in [2.75, 3.05) is 11.9 Å². The largest absolute Gasteiger partial charge is 0.462 e. The van der Waals surface area contributed by atoms with E-state index in [2.05, 4.69) is 38.2 Å². The molecule has 0 unspecified atom stereocenters. The number of amides is 1. The molecule has 1 amide bonds. The number of rotatable bonds is 6. The second kappa shape index (κ2) is 9.61. The topological polar surface area (TPSA) is 55.4 Å². The van der Waals surface area contributed by atoms with Crippen LogP contribution in [0.3, 0.4) is 0 Å². The van der Waals surface area contributed by atoms with Crippen LogP contribution in [-0.4, -0.2) is 18.5 Å². The van der Waals surface area contributed by atoms with Crippen LogP contribution >= 0.6 is 11.3 Å². The van der Waals surface area contributed by atoms with Crippen molar-refractivity contribution in [1.29, 1.82) is 0 Å². The number of nitrogens with one attached hydrogen (secondary N) is 1. The lowest BCUT2D eigenvalue weighted by molar-refractivity contribution is -0.111. The maximum atomic E-state index is 12.6. The maximum Gasteiger partial charge on any atom is 0.341 e. The zero-order valence-corrected chi connectivity index (χ0v) is 19.2. The average Bonchev–Trinajstić information content (AvgIpc) is 3.08. The van der Waals surface area contributed by atoms with Gasteiger partial charge in [0.15, 0.2) is 0 Å². The minimum absolute atomic E-state index is 0.0979. The van der Waals surface area contributed by atoms with Crippen molar-refractivity contribution in [3.63, 3.8) is 0 Å². The normalized spacial score (nSPS) is 13.9. The van der Waals surface area contributed by atoms with Crippen LogP contribution in [-0.2, 0) is 27.8 Å². The van der Waals surface area contributed by atoms with Crippen LogP contribution in [0.5, 0.6) is 0 Å². The van der Waals surface area contributed by atoms with Gasteiger partial charge in [-0.05, 0) is 60.3 Å². The predicted molar refractivity (Wildman–Crippen MR) is 124 cm³/mol.